The molecule has 2 aromatic rings. The van der Waals surface area contributed by atoms with Crippen LogP contribution in [-0.2, 0) is 21.2 Å². The number of amides is 1. The number of thioether (sulfide) groups is 1. The number of nitrogens with zero attached hydrogens (tertiary/aromatic N) is 1. The molecule has 2 N–H and O–H groups in total. The maximum absolute atomic E-state index is 12.9. The highest BCUT2D eigenvalue weighted by atomic mass is 32.2. The first-order chi connectivity index (χ1) is 15.5. The van der Waals surface area contributed by atoms with E-state index in [-0.39, 0.29) is 16.6 Å². The Hall–Kier alpha value is -2.72. The molecule has 8 nitrogen and oxygen atoms in total. The lowest BCUT2D eigenvalue weighted by atomic mass is 10.1. The molecule has 1 amide bonds. The SMILES string of the molecule is CSCC[C@H](N=C1NS(=O)(=O)c2ccccc21)C(=O)NCCc1ccc2c(c1)OCCO2. The van der Waals surface area contributed by atoms with Crippen LogP contribution in [0.25, 0.3) is 0 Å². The van der Waals surface area contributed by atoms with E-state index in [2.05, 4.69) is 15.0 Å². The van der Waals surface area contributed by atoms with E-state index in [9.17, 15) is 13.2 Å². The van der Waals surface area contributed by atoms with Gasteiger partial charge in [0.1, 0.15) is 25.1 Å². The van der Waals surface area contributed by atoms with Crippen molar-refractivity contribution in [1.82, 2.24) is 10.0 Å². The molecule has 4 rings (SSSR count). The van der Waals surface area contributed by atoms with Crippen LogP contribution in [0, 0.1) is 0 Å². The van der Waals surface area contributed by atoms with Crippen molar-refractivity contribution >= 4 is 33.5 Å². The summed E-state index contributed by atoms with van der Waals surface area (Å²) >= 11 is 1.61. The summed E-state index contributed by atoms with van der Waals surface area (Å²) in [7, 11) is -3.65. The number of aliphatic imine (C=N–C) groups is 1. The first-order valence-corrected chi connectivity index (χ1v) is 13.2. The predicted molar refractivity (Wildman–Crippen MR) is 124 cm³/mol. The van der Waals surface area contributed by atoms with Gasteiger partial charge in [-0.15, -0.1) is 0 Å². The van der Waals surface area contributed by atoms with Crippen LogP contribution in [0.3, 0.4) is 0 Å². The lowest BCUT2D eigenvalue weighted by Gasteiger charge is -2.19. The zero-order valence-corrected chi connectivity index (χ0v) is 19.3. The smallest absolute Gasteiger partial charge is 0.263 e. The maximum Gasteiger partial charge on any atom is 0.263 e. The molecule has 0 aromatic heterocycles. The lowest BCUT2D eigenvalue weighted by Crippen LogP contribution is -2.37. The van der Waals surface area contributed by atoms with Crippen LogP contribution in [0.1, 0.15) is 17.5 Å². The second-order valence-electron chi connectivity index (χ2n) is 7.40. The predicted octanol–water partition coefficient (Wildman–Crippen LogP) is 1.98. The maximum atomic E-state index is 12.9. The van der Waals surface area contributed by atoms with Crippen LogP contribution in [-0.4, -0.2) is 58.0 Å². The number of ether oxygens (including phenoxy) is 2. The van der Waals surface area contributed by atoms with Crippen molar-refractivity contribution in [3.63, 3.8) is 0 Å². The summed E-state index contributed by atoms with van der Waals surface area (Å²) in [4.78, 5) is 17.6. The van der Waals surface area contributed by atoms with Gasteiger partial charge in [-0.2, -0.15) is 11.8 Å². The molecule has 10 heteroatoms. The quantitative estimate of drug-likeness (QED) is 0.605. The number of fused-ring (bicyclic) bond motifs is 2. The van der Waals surface area contributed by atoms with Crippen molar-refractivity contribution in [2.24, 2.45) is 4.99 Å². The Labute approximate surface area is 191 Å². The van der Waals surface area contributed by atoms with E-state index in [0.717, 1.165) is 22.8 Å². The minimum atomic E-state index is -3.65. The number of carbonyl (C=O) groups excluding carboxylic acids is 1. The number of sulfonamides is 1. The van der Waals surface area contributed by atoms with Gasteiger partial charge >= 0.3 is 0 Å². The average molecular weight is 476 g/mol. The summed E-state index contributed by atoms with van der Waals surface area (Å²) in [5, 5.41) is 2.93. The molecule has 1 atom stereocenters. The number of hydrogen-bond donors (Lipinski definition) is 2. The highest BCUT2D eigenvalue weighted by Gasteiger charge is 2.31. The van der Waals surface area contributed by atoms with Crippen molar-refractivity contribution < 1.29 is 22.7 Å². The number of carbonyl (C=O) groups is 1. The van der Waals surface area contributed by atoms with Gasteiger partial charge in [-0.3, -0.25) is 14.5 Å². The molecule has 0 fully saturated rings. The fourth-order valence-electron chi connectivity index (χ4n) is 3.56. The lowest BCUT2D eigenvalue weighted by molar-refractivity contribution is -0.122. The molecular formula is C22H25N3O5S2. The Kier molecular flexibility index (Phi) is 6.90. The molecule has 2 aliphatic rings. The summed E-state index contributed by atoms with van der Waals surface area (Å²) in [6.45, 7) is 1.50. The van der Waals surface area contributed by atoms with Gasteiger partial charge in [0.15, 0.2) is 11.5 Å². The van der Waals surface area contributed by atoms with Crippen LogP contribution in [0.2, 0.25) is 0 Å². The Morgan fingerprint density at radius 1 is 1.19 bits per heavy atom. The Morgan fingerprint density at radius 2 is 1.97 bits per heavy atom. The number of rotatable bonds is 8. The molecule has 0 aliphatic carbocycles. The van der Waals surface area contributed by atoms with E-state index in [4.69, 9.17) is 9.47 Å². The van der Waals surface area contributed by atoms with Crippen molar-refractivity contribution in [3.05, 3.63) is 53.6 Å². The number of hydrogen-bond acceptors (Lipinski definition) is 7. The summed E-state index contributed by atoms with van der Waals surface area (Å²) in [5.41, 5.74) is 1.52. The van der Waals surface area contributed by atoms with Crippen molar-refractivity contribution in [2.75, 3.05) is 31.8 Å². The zero-order valence-electron chi connectivity index (χ0n) is 17.7. The van der Waals surface area contributed by atoms with E-state index in [1.807, 2.05) is 24.5 Å². The first-order valence-electron chi connectivity index (χ1n) is 10.3. The van der Waals surface area contributed by atoms with Crippen LogP contribution < -0.4 is 19.5 Å². The third kappa shape index (κ3) is 5.02. The monoisotopic (exact) mass is 475 g/mol. The van der Waals surface area contributed by atoms with Crippen molar-refractivity contribution in [3.8, 4) is 11.5 Å². The Balaban J connectivity index is 1.43. The number of nitrogens with one attached hydrogen (secondary N) is 2. The molecule has 2 aliphatic heterocycles. The summed E-state index contributed by atoms with van der Waals surface area (Å²) in [6, 6.07) is 11.7. The minimum absolute atomic E-state index is 0.182. The first kappa shape index (κ1) is 22.5. The van der Waals surface area contributed by atoms with Gasteiger partial charge in [0.25, 0.3) is 10.0 Å². The molecule has 32 heavy (non-hydrogen) atoms. The van der Waals surface area contributed by atoms with E-state index in [0.29, 0.717) is 38.2 Å². The zero-order chi connectivity index (χ0) is 22.6. The number of benzene rings is 2. The summed E-state index contributed by atoms with van der Waals surface area (Å²) in [6.07, 6.45) is 3.09. The average Bonchev–Trinajstić information content (AvgIpc) is 3.06. The third-order valence-corrected chi connectivity index (χ3v) is 7.21. The van der Waals surface area contributed by atoms with E-state index < -0.39 is 16.1 Å². The molecule has 0 saturated heterocycles. The van der Waals surface area contributed by atoms with Gasteiger partial charge < -0.3 is 14.8 Å². The topological polar surface area (TPSA) is 106 Å². The minimum Gasteiger partial charge on any atom is -0.486 e. The molecule has 2 heterocycles. The van der Waals surface area contributed by atoms with Gasteiger partial charge in [0.05, 0.1) is 4.90 Å². The standard InChI is InChI=1S/C22H25N3O5S2/c1-31-13-9-17(24-21-16-4-2-3-5-20(16)32(27,28)25-21)22(26)23-10-8-15-6-7-18-19(14-15)30-12-11-29-18/h2-7,14,17H,8-13H2,1H3,(H,23,26)(H,24,25)/t17-/m0/s1. The van der Waals surface area contributed by atoms with Gasteiger partial charge in [-0.05, 0) is 54.7 Å². The second-order valence-corrected chi connectivity index (χ2v) is 10.0. The highest BCUT2D eigenvalue weighted by molar-refractivity contribution is 7.98. The molecule has 0 bridgehead atoms. The van der Waals surface area contributed by atoms with Crippen molar-refractivity contribution in [1.29, 1.82) is 0 Å². The Morgan fingerprint density at radius 3 is 2.78 bits per heavy atom. The number of amidine groups is 1. The van der Waals surface area contributed by atoms with Crippen LogP contribution in [0.15, 0.2) is 52.4 Å². The summed E-state index contributed by atoms with van der Waals surface area (Å²) in [5.74, 6) is 2.17. The summed E-state index contributed by atoms with van der Waals surface area (Å²) < 4.78 is 38.3. The van der Waals surface area contributed by atoms with Gasteiger partial charge in [0, 0.05) is 12.1 Å². The van der Waals surface area contributed by atoms with Crippen LogP contribution in [0.4, 0.5) is 0 Å². The fraction of sp³-hybridized carbons (Fsp3) is 0.364. The molecule has 0 spiro atoms. The largest absolute Gasteiger partial charge is 0.486 e. The van der Waals surface area contributed by atoms with Crippen molar-refractivity contribution in [2.45, 2.75) is 23.8 Å². The van der Waals surface area contributed by atoms with Gasteiger partial charge in [-0.25, -0.2) is 8.42 Å². The van der Waals surface area contributed by atoms with E-state index >= 15 is 0 Å². The third-order valence-electron chi connectivity index (χ3n) is 5.17. The fourth-order valence-corrected chi connectivity index (χ4v) is 5.26. The van der Waals surface area contributed by atoms with E-state index in [1.54, 1.807) is 30.0 Å². The molecule has 2 aromatic carbocycles. The highest BCUT2D eigenvalue weighted by Crippen LogP contribution is 2.30. The van der Waals surface area contributed by atoms with Crippen LogP contribution in [0.5, 0.6) is 11.5 Å². The molecule has 0 saturated carbocycles. The Bertz CT molecular complexity index is 1130. The van der Waals surface area contributed by atoms with Gasteiger partial charge in [-0.1, -0.05) is 18.2 Å². The van der Waals surface area contributed by atoms with Gasteiger partial charge in [0.2, 0.25) is 5.91 Å². The molecule has 0 unspecified atom stereocenters. The van der Waals surface area contributed by atoms with Crippen LogP contribution >= 0.6 is 11.8 Å². The van der Waals surface area contributed by atoms with E-state index in [1.165, 1.54) is 6.07 Å². The second kappa shape index (κ2) is 9.83. The molecular weight excluding hydrogens is 450 g/mol. The molecule has 0 radical (unpaired) electrons. The normalized spacial score (nSPS) is 18.0. The molecule has 170 valence electrons.